The monoisotopic (exact) mass is 441 g/mol. The van der Waals surface area contributed by atoms with Crippen LogP contribution in [0.4, 0.5) is 5.69 Å². The lowest BCUT2D eigenvalue weighted by Gasteiger charge is -2.09. The highest BCUT2D eigenvalue weighted by molar-refractivity contribution is 6.05. The molecule has 0 unspecified atom stereocenters. The first-order chi connectivity index (χ1) is 16.1. The van der Waals surface area contributed by atoms with E-state index in [9.17, 15) is 4.79 Å². The van der Waals surface area contributed by atoms with E-state index in [2.05, 4.69) is 52.2 Å². The molecule has 168 valence electrons. The van der Waals surface area contributed by atoms with Crippen LogP contribution in [-0.4, -0.2) is 17.6 Å². The van der Waals surface area contributed by atoms with Gasteiger partial charge in [0, 0.05) is 12.2 Å². The van der Waals surface area contributed by atoms with Crippen molar-refractivity contribution in [2.24, 2.45) is 0 Å². The Morgan fingerprint density at radius 3 is 2.18 bits per heavy atom. The van der Waals surface area contributed by atoms with Crippen molar-refractivity contribution in [3.63, 3.8) is 0 Å². The van der Waals surface area contributed by atoms with Crippen LogP contribution in [0.15, 0.2) is 83.4 Å². The predicted molar refractivity (Wildman–Crippen MR) is 129 cm³/mol. The van der Waals surface area contributed by atoms with E-state index in [1.165, 1.54) is 11.1 Å². The number of carbonyl (C=O) groups excluding carboxylic acids is 1. The van der Waals surface area contributed by atoms with Crippen LogP contribution in [-0.2, 0) is 13.0 Å². The van der Waals surface area contributed by atoms with Crippen molar-refractivity contribution in [1.29, 1.82) is 0 Å². The van der Waals surface area contributed by atoms with E-state index in [0.717, 1.165) is 25.3 Å². The van der Waals surface area contributed by atoms with Crippen molar-refractivity contribution in [2.75, 3.05) is 11.9 Å². The molecule has 4 rings (SSSR count). The summed E-state index contributed by atoms with van der Waals surface area (Å²) in [5, 5.41) is 10.1. The van der Waals surface area contributed by atoms with Crippen LogP contribution in [0.1, 0.15) is 32.9 Å². The van der Waals surface area contributed by atoms with Crippen LogP contribution in [0.3, 0.4) is 0 Å². The van der Waals surface area contributed by atoms with E-state index in [0.29, 0.717) is 28.5 Å². The highest BCUT2D eigenvalue weighted by atomic mass is 16.5. The number of carbonyl (C=O) groups is 1. The lowest BCUT2D eigenvalue weighted by Crippen LogP contribution is -2.16. The zero-order valence-electron chi connectivity index (χ0n) is 18.8. The number of benzene rings is 3. The summed E-state index contributed by atoms with van der Waals surface area (Å²) in [5.74, 6) is 1.72. The van der Waals surface area contributed by atoms with Crippen LogP contribution in [0.2, 0.25) is 0 Å². The molecule has 0 aliphatic heterocycles. The average molecular weight is 442 g/mol. The fourth-order valence-electron chi connectivity index (χ4n) is 3.53. The summed E-state index contributed by atoms with van der Waals surface area (Å²) < 4.78 is 11.0. The molecule has 0 fully saturated rings. The number of nitrogens with zero attached hydrogens (tertiary/aromatic N) is 1. The number of rotatable bonds is 9. The van der Waals surface area contributed by atoms with Crippen LogP contribution >= 0.6 is 0 Å². The quantitative estimate of drug-likeness (QED) is 0.327. The van der Waals surface area contributed by atoms with E-state index in [1.54, 1.807) is 26.0 Å². The Morgan fingerprint density at radius 2 is 1.55 bits per heavy atom. The van der Waals surface area contributed by atoms with Crippen molar-refractivity contribution in [1.82, 2.24) is 10.5 Å². The minimum atomic E-state index is -0.242. The number of aryl methyl sites for hydroxylation is 2. The molecule has 0 radical (unpaired) electrons. The molecule has 1 amide bonds. The number of anilines is 1. The molecular weight excluding hydrogens is 414 g/mol. The molecular formula is C27H27N3O3. The molecule has 0 atom stereocenters. The number of aromatic nitrogens is 1. The fourth-order valence-corrected chi connectivity index (χ4v) is 3.53. The Labute approximate surface area is 193 Å². The zero-order valence-corrected chi connectivity index (χ0v) is 18.8. The number of hydrogen-bond donors (Lipinski definition) is 2. The van der Waals surface area contributed by atoms with Gasteiger partial charge in [-0.05, 0) is 74.3 Å². The maximum absolute atomic E-state index is 12.4. The van der Waals surface area contributed by atoms with Crippen molar-refractivity contribution >= 4 is 11.6 Å². The molecule has 33 heavy (non-hydrogen) atoms. The van der Waals surface area contributed by atoms with Crippen LogP contribution in [0, 0.1) is 13.8 Å². The van der Waals surface area contributed by atoms with Crippen LogP contribution in [0.25, 0.3) is 0 Å². The highest BCUT2D eigenvalue weighted by Gasteiger charge is 2.17. The molecule has 0 aliphatic carbocycles. The predicted octanol–water partition coefficient (Wildman–Crippen LogP) is 5.67. The smallest absolute Gasteiger partial charge is 0.261 e. The zero-order chi connectivity index (χ0) is 23.0. The van der Waals surface area contributed by atoms with Gasteiger partial charge in [-0.15, -0.1) is 0 Å². The van der Waals surface area contributed by atoms with Crippen LogP contribution in [0.5, 0.6) is 11.5 Å². The highest BCUT2D eigenvalue weighted by Crippen LogP contribution is 2.24. The summed E-state index contributed by atoms with van der Waals surface area (Å²) >= 11 is 0. The molecule has 0 aliphatic rings. The van der Waals surface area contributed by atoms with Crippen molar-refractivity contribution < 1.29 is 14.1 Å². The average Bonchev–Trinajstić information content (AvgIpc) is 3.17. The second-order valence-corrected chi connectivity index (χ2v) is 7.84. The van der Waals surface area contributed by atoms with E-state index in [1.807, 2.05) is 30.3 Å². The lowest BCUT2D eigenvalue weighted by atomic mass is 10.1. The van der Waals surface area contributed by atoms with E-state index in [4.69, 9.17) is 9.26 Å². The van der Waals surface area contributed by atoms with Crippen molar-refractivity contribution in [3.05, 3.63) is 107 Å². The maximum Gasteiger partial charge on any atom is 0.261 e. The largest absolute Gasteiger partial charge is 0.457 e. The molecule has 1 aromatic heterocycles. The minimum absolute atomic E-state index is 0.242. The van der Waals surface area contributed by atoms with Crippen molar-refractivity contribution in [3.8, 4) is 11.5 Å². The molecule has 0 bridgehead atoms. The van der Waals surface area contributed by atoms with Gasteiger partial charge in [-0.1, -0.05) is 47.6 Å². The molecule has 0 saturated heterocycles. The van der Waals surface area contributed by atoms with Gasteiger partial charge in [0.05, 0.1) is 5.69 Å². The second-order valence-electron chi connectivity index (χ2n) is 7.84. The molecule has 2 N–H and O–H groups in total. The number of ether oxygens (including phenoxy) is 1. The fraction of sp³-hybridized carbons (Fsp3) is 0.185. The third-order valence-electron chi connectivity index (χ3n) is 5.29. The third-order valence-corrected chi connectivity index (χ3v) is 5.29. The van der Waals surface area contributed by atoms with Gasteiger partial charge in [-0.2, -0.15) is 0 Å². The van der Waals surface area contributed by atoms with Gasteiger partial charge in [0.25, 0.3) is 5.91 Å². The molecule has 0 spiro atoms. The Kier molecular flexibility index (Phi) is 7.17. The number of nitrogens with one attached hydrogen (secondary N) is 2. The topological polar surface area (TPSA) is 76.4 Å². The molecule has 3 aromatic carbocycles. The first-order valence-corrected chi connectivity index (χ1v) is 10.9. The van der Waals surface area contributed by atoms with E-state index in [-0.39, 0.29) is 5.91 Å². The van der Waals surface area contributed by atoms with Crippen molar-refractivity contribution in [2.45, 2.75) is 26.8 Å². The third kappa shape index (κ3) is 6.08. The summed E-state index contributed by atoms with van der Waals surface area (Å²) in [4.78, 5) is 12.4. The molecule has 6 heteroatoms. The number of hydrogen-bond acceptors (Lipinski definition) is 5. The summed E-state index contributed by atoms with van der Waals surface area (Å²) in [6, 6.07) is 25.7. The first kappa shape index (κ1) is 22.3. The minimum Gasteiger partial charge on any atom is -0.457 e. The SMILES string of the molecule is Cc1noc(C)c1C(=O)Nc1ccc(Oc2ccc(CCNCc3ccccc3)cc2)cc1. The van der Waals surface area contributed by atoms with Gasteiger partial charge in [0.2, 0.25) is 0 Å². The summed E-state index contributed by atoms with van der Waals surface area (Å²) in [6.07, 6.45) is 0.951. The van der Waals surface area contributed by atoms with Gasteiger partial charge in [-0.25, -0.2) is 0 Å². The summed E-state index contributed by atoms with van der Waals surface area (Å²) in [6.45, 7) is 5.25. The molecule has 1 heterocycles. The summed E-state index contributed by atoms with van der Waals surface area (Å²) in [5.41, 5.74) is 4.24. The Hall–Kier alpha value is -3.90. The molecule has 4 aromatic rings. The normalized spacial score (nSPS) is 10.7. The van der Waals surface area contributed by atoms with Gasteiger partial charge in [0.1, 0.15) is 22.8 Å². The van der Waals surface area contributed by atoms with E-state index >= 15 is 0 Å². The van der Waals surface area contributed by atoms with Crippen LogP contribution < -0.4 is 15.4 Å². The molecule has 0 saturated carbocycles. The van der Waals surface area contributed by atoms with Gasteiger partial charge in [0.15, 0.2) is 0 Å². The summed E-state index contributed by atoms with van der Waals surface area (Å²) in [7, 11) is 0. The van der Waals surface area contributed by atoms with Gasteiger partial charge >= 0.3 is 0 Å². The Morgan fingerprint density at radius 1 is 0.879 bits per heavy atom. The Balaban J connectivity index is 1.25. The molecule has 6 nitrogen and oxygen atoms in total. The van der Waals surface area contributed by atoms with E-state index < -0.39 is 0 Å². The standard InChI is InChI=1S/C27H27N3O3/c1-19-26(20(2)33-30-19)27(31)29-23-10-14-25(15-11-23)32-24-12-8-21(9-13-24)16-17-28-18-22-6-4-3-5-7-22/h3-15,28H,16-18H2,1-2H3,(H,29,31). The second kappa shape index (κ2) is 10.6. The maximum atomic E-state index is 12.4. The van der Waals surface area contributed by atoms with Gasteiger partial charge < -0.3 is 19.9 Å². The first-order valence-electron chi connectivity index (χ1n) is 10.9. The Bertz CT molecular complexity index is 1160. The number of amides is 1. The van der Waals surface area contributed by atoms with Gasteiger partial charge in [-0.3, -0.25) is 4.79 Å². The lowest BCUT2D eigenvalue weighted by molar-refractivity contribution is 0.102.